The van der Waals surface area contributed by atoms with Crippen LogP contribution in [0.1, 0.15) is 60.6 Å². The van der Waals surface area contributed by atoms with Crippen molar-refractivity contribution < 1.29 is 9.53 Å². The molecule has 1 aliphatic heterocycles. The highest BCUT2D eigenvalue weighted by Crippen LogP contribution is 2.44. The van der Waals surface area contributed by atoms with Crippen molar-refractivity contribution >= 4 is 17.1 Å². The Labute approximate surface area is 119 Å². The molecule has 2 aliphatic rings. The fourth-order valence-corrected chi connectivity index (χ4v) is 4.84. The summed E-state index contributed by atoms with van der Waals surface area (Å²) in [6.45, 7) is 8.25. The summed E-state index contributed by atoms with van der Waals surface area (Å²) in [5.74, 6) is 0.274. The number of thiophene rings is 1. The molecule has 1 fully saturated rings. The van der Waals surface area contributed by atoms with E-state index in [1.54, 1.807) is 11.3 Å². The lowest BCUT2D eigenvalue weighted by Crippen LogP contribution is -2.33. The van der Waals surface area contributed by atoms with E-state index >= 15 is 0 Å². The van der Waals surface area contributed by atoms with Gasteiger partial charge in [0.05, 0.1) is 22.0 Å². The molecule has 1 aliphatic carbocycles. The number of hydrogen-bond acceptors (Lipinski definition) is 3. The maximum Gasteiger partial charge on any atom is 0.178 e. The lowest BCUT2D eigenvalue weighted by molar-refractivity contribution is -0.0712. The van der Waals surface area contributed by atoms with Gasteiger partial charge in [-0.2, -0.15) is 0 Å². The van der Waals surface area contributed by atoms with E-state index in [0.717, 1.165) is 24.1 Å². The minimum Gasteiger partial charge on any atom is -0.369 e. The maximum absolute atomic E-state index is 12.8. The van der Waals surface area contributed by atoms with Crippen LogP contribution in [0.5, 0.6) is 0 Å². The van der Waals surface area contributed by atoms with Crippen LogP contribution in [0, 0.1) is 5.92 Å². The van der Waals surface area contributed by atoms with Gasteiger partial charge in [0.1, 0.15) is 0 Å². The molecule has 0 N–H and O–H groups in total. The Bertz CT molecular complexity index is 503. The van der Waals surface area contributed by atoms with Gasteiger partial charge in [0, 0.05) is 4.88 Å². The number of ketones is 1. The van der Waals surface area contributed by atoms with Crippen molar-refractivity contribution in [3.63, 3.8) is 0 Å². The third kappa shape index (κ3) is 2.27. The van der Waals surface area contributed by atoms with Gasteiger partial charge in [-0.3, -0.25) is 4.79 Å². The van der Waals surface area contributed by atoms with Gasteiger partial charge in [-0.05, 0) is 65.0 Å². The molecule has 0 amide bonds. The molecule has 1 aromatic heterocycles. The van der Waals surface area contributed by atoms with Crippen molar-refractivity contribution in [3.05, 3.63) is 21.4 Å². The normalized spacial score (nSPS) is 27.5. The molecule has 104 valence electrons. The molecule has 1 aromatic rings. The Morgan fingerprint density at radius 1 is 1.32 bits per heavy atom. The first-order chi connectivity index (χ1) is 8.78. The third-order valence-corrected chi connectivity index (χ3v) is 5.63. The second kappa shape index (κ2) is 4.16. The highest BCUT2D eigenvalue weighted by molar-refractivity contribution is 7.14. The van der Waals surface area contributed by atoms with Crippen LogP contribution in [0.2, 0.25) is 0 Å². The van der Waals surface area contributed by atoms with Crippen LogP contribution in [-0.2, 0) is 17.6 Å². The number of fused-ring (bicyclic) bond motifs is 1. The zero-order chi connectivity index (χ0) is 13.8. The smallest absolute Gasteiger partial charge is 0.178 e. The quantitative estimate of drug-likeness (QED) is 0.764. The average molecular weight is 278 g/mol. The van der Waals surface area contributed by atoms with E-state index in [9.17, 15) is 4.79 Å². The predicted octanol–water partition coefficient (Wildman–Crippen LogP) is 4.01. The Kier molecular flexibility index (Phi) is 2.92. The minimum absolute atomic E-state index is 0.0127. The van der Waals surface area contributed by atoms with Crippen molar-refractivity contribution in [2.24, 2.45) is 5.92 Å². The number of rotatable bonds is 2. The lowest BCUT2D eigenvalue weighted by Gasteiger charge is -2.26. The van der Waals surface area contributed by atoms with Crippen LogP contribution < -0.4 is 0 Å². The van der Waals surface area contributed by atoms with Gasteiger partial charge in [0.25, 0.3) is 0 Å². The third-order valence-electron chi connectivity index (χ3n) is 4.38. The molecule has 2 heterocycles. The SMILES string of the molecule is CC1(C)CC(C(=O)c2cc3c(s2)CCC3)C(C)(C)O1. The lowest BCUT2D eigenvalue weighted by atomic mass is 9.83. The molecule has 0 aromatic carbocycles. The first-order valence-corrected chi connectivity index (χ1v) is 7.96. The molecule has 3 rings (SSSR count). The van der Waals surface area contributed by atoms with Crippen molar-refractivity contribution in [1.29, 1.82) is 0 Å². The zero-order valence-electron chi connectivity index (χ0n) is 12.2. The molecule has 0 radical (unpaired) electrons. The summed E-state index contributed by atoms with van der Waals surface area (Å²) in [4.78, 5) is 15.2. The molecule has 0 spiro atoms. The zero-order valence-corrected chi connectivity index (χ0v) is 13.0. The van der Waals surface area contributed by atoms with Crippen molar-refractivity contribution in [1.82, 2.24) is 0 Å². The number of hydrogen-bond donors (Lipinski definition) is 0. The number of carbonyl (C=O) groups excluding carboxylic acids is 1. The van der Waals surface area contributed by atoms with Gasteiger partial charge in [0.15, 0.2) is 5.78 Å². The van der Waals surface area contributed by atoms with Gasteiger partial charge < -0.3 is 4.74 Å². The van der Waals surface area contributed by atoms with Crippen molar-refractivity contribution in [3.8, 4) is 0 Å². The largest absolute Gasteiger partial charge is 0.369 e. The minimum atomic E-state index is -0.352. The van der Waals surface area contributed by atoms with Crippen LogP contribution in [0.15, 0.2) is 6.07 Å². The summed E-state index contributed by atoms with van der Waals surface area (Å²) >= 11 is 1.71. The van der Waals surface area contributed by atoms with E-state index in [0.29, 0.717) is 0 Å². The maximum atomic E-state index is 12.8. The summed E-state index contributed by atoms with van der Waals surface area (Å²) in [5.41, 5.74) is 0.864. The number of Topliss-reactive ketones (excluding diaryl/α,β-unsaturated/α-hetero) is 1. The van der Waals surface area contributed by atoms with Gasteiger partial charge in [-0.1, -0.05) is 0 Å². The van der Waals surface area contributed by atoms with E-state index in [4.69, 9.17) is 4.74 Å². The molecule has 1 unspecified atom stereocenters. The van der Waals surface area contributed by atoms with E-state index in [2.05, 4.69) is 19.9 Å². The molecule has 2 nitrogen and oxygen atoms in total. The van der Waals surface area contributed by atoms with Crippen LogP contribution in [0.4, 0.5) is 0 Å². The monoisotopic (exact) mass is 278 g/mol. The highest BCUT2D eigenvalue weighted by atomic mass is 32.1. The van der Waals surface area contributed by atoms with Gasteiger partial charge >= 0.3 is 0 Å². The Morgan fingerprint density at radius 2 is 2.05 bits per heavy atom. The summed E-state index contributed by atoms with van der Waals surface area (Å²) < 4.78 is 6.05. The second-order valence-electron chi connectivity index (χ2n) is 7.00. The summed E-state index contributed by atoms with van der Waals surface area (Å²) in [5, 5.41) is 0. The fourth-order valence-electron chi connectivity index (χ4n) is 3.59. The number of aryl methyl sites for hydroxylation is 2. The predicted molar refractivity (Wildman–Crippen MR) is 78.0 cm³/mol. The highest BCUT2D eigenvalue weighted by Gasteiger charge is 2.49. The van der Waals surface area contributed by atoms with Gasteiger partial charge in [0.2, 0.25) is 0 Å². The number of carbonyl (C=O) groups is 1. The van der Waals surface area contributed by atoms with E-state index < -0.39 is 0 Å². The molecule has 0 bridgehead atoms. The van der Waals surface area contributed by atoms with Crippen LogP contribution in [0.25, 0.3) is 0 Å². The molecular formula is C16H22O2S. The first-order valence-electron chi connectivity index (χ1n) is 7.14. The molecule has 1 saturated heterocycles. The first kappa shape index (κ1) is 13.3. The van der Waals surface area contributed by atoms with Crippen LogP contribution in [-0.4, -0.2) is 17.0 Å². The second-order valence-corrected chi connectivity index (χ2v) is 8.14. The van der Waals surface area contributed by atoms with Crippen LogP contribution in [0.3, 0.4) is 0 Å². The van der Waals surface area contributed by atoms with E-state index in [1.165, 1.54) is 16.9 Å². The summed E-state index contributed by atoms with van der Waals surface area (Å²) in [6, 6.07) is 2.14. The molecule has 1 atom stereocenters. The average Bonchev–Trinajstić information content (AvgIpc) is 2.87. The molecule has 3 heteroatoms. The summed E-state index contributed by atoms with van der Waals surface area (Å²) in [7, 11) is 0. The van der Waals surface area contributed by atoms with Crippen molar-refractivity contribution in [2.45, 2.75) is 64.6 Å². The van der Waals surface area contributed by atoms with Crippen molar-refractivity contribution in [2.75, 3.05) is 0 Å². The molecule has 0 saturated carbocycles. The van der Waals surface area contributed by atoms with Gasteiger partial charge in [-0.25, -0.2) is 0 Å². The van der Waals surface area contributed by atoms with E-state index in [1.807, 2.05) is 13.8 Å². The fraction of sp³-hybridized carbons (Fsp3) is 0.688. The van der Waals surface area contributed by atoms with Crippen LogP contribution >= 0.6 is 11.3 Å². The van der Waals surface area contributed by atoms with Gasteiger partial charge in [-0.15, -0.1) is 11.3 Å². The topological polar surface area (TPSA) is 26.3 Å². The summed E-state index contributed by atoms with van der Waals surface area (Å²) in [6.07, 6.45) is 4.38. The standard InChI is InChI=1S/C16H22O2S/c1-15(2)9-11(16(3,4)18-15)14(17)13-8-10-6-5-7-12(10)19-13/h8,11H,5-7,9H2,1-4H3. The molecular weight excluding hydrogens is 256 g/mol. The number of ether oxygens (including phenoxy) is 1. The Morgan fingerprint density at radius 3 is 2.63 bits per heavy atom. The Balaban J connectivity index is 1.87. The molecule has 19 heavy (non-hydrogen) atoms. The van der Waals surface area contributed by atoms with E-state index in [-0.39, 0.29) is 22.9 Å². The Hall–Kier alpha value is -0.670.